The van der Waals surface area contributed by atoms with Crippen molar-refractivity contribution in [1.29, 1.82) is 0 Å². The molecule has 0 aliphatic heterocycles. The van der Waals surface area contributed by atoms with Gasteiger partial charge in [-0.2, -0.15) is 0 Å². The van der Waals surface area contributed by atoms with Crippen molar-refractivity contribution in [3.63, 3.8) is 0 Å². The highest BCUT2D eigenvalue weighted by Crippen LogP contribution is 2.08. The van der Waals surface area contributed by atoms with Crippen LogP contribution in [0.4, 0.5) is 5.69 Å². The minimum Gasteiger partial charge on any atom is -0.467 e. The van der Waals surface area contributed by atoms with Gasteiger partial charge in [0, 0.05) is 5.69 Å². The molecule has 0 saturated heterocycles. The van der Waals surface area contributed by atoms with Gasteiger partial charge in [0.2, 0.25) is 0 Å². The molecule has 0 amide bonds. The third-order valence-corrected chi connectivity index (χ3v) is 2.31. The summed E-state index contributed by atoms with van der Waals surface area (Å²) >= 11 is 0. The van der Waals surface area contributed by atoms with E-state index in [1.807, 2.05) is 43.3 Å². The predicted molar refractivity (Wildman–Crippen MR) is 84.3 cm³/mol. The molecule has 96 valence electrons. The number of rotatable bonds is 3. The Morgan fingerprint density at radius 1 is 1.28 bits per heavy atom. The van der Waals surface area contributed by atoms with Crippen LogP contribution in [-0.2, 0) is 6.54 Å². The lowest BCUT2D eigenvalue weighted by atomic mass is 10.2. The van der Waals surface area contributed by atoms with Crippen molar-refractivity contribution in [3.8, 4) is 0 Å². The summed E-state index contributed by atoms with van der Waals surface area (Å²) in [6.07, 6.45) is 1.62. The van der Waals surface area contributed by atoms with Gasteiger partial charge in [-0.05, 0) is 31.2 Å². The summed E-state index contributed by atoms with van der Waals surface area (Å²) < 4.78 is 5.16. The Morgan fingerprint density at radius 2 is 2.00 bits per heavy atom. The number of nitrogens with one attached hydrogen (secondary N) is 1. The van der Waals surface area contributed by atoms with Crippen molar-refractivity contribution >= 4 is 35.6 Å². The van der Waals surface area contributed by atoms with Crippen LogP contribution in [0.1, 0.15) is 11.3 Å². The van der Waals surface area contributed by atoms with Crippen LogP contribution in [0.5, 0.6) is 0 Å². The number of nitrogens with zero attached hydrogens (tertiary/aromatic N) is 1. The zero-order valence-electron chi connectivity index (χ0n) is 10.1. The van der Waals surface area contributed by atoms with Gasteiger partial charge < -0.3 is 15.5 Å². The molecule has 1 heterocycles. The highest BCUT2D eigenvalue weighted by atomic mass is 127. The zero-order valence-corrected chi connectivity index (χ0v) is 12.4. The number of guanidine groups is 1. The molecule has 2 aromatic rings. The second-order valence-electron chi connectivity index (χ2n) is 3.77. The summed E-state index contributed by atoms with van der Waals surface area (Å²) in [6.45, 7) is 2.48. The second kappa shape index (κ2) is 7.05. The van der Waals surface area contributed by atoms with E-state index in [-0.39, 0.29) is 24.0 Å². The maximum atomic E-state index is 5.76. The van der Waals surface area contributed by atoms with Gasteiger partial charge in [-0.1, -0.05) is 17.7 Å². The zero-order chi connectivity index (χ0) is 12.1. The number of anilines is 1. The largest absolute Gasteiger partial charge is 0.467 e. The summed E-state index contributed by atoms with van der Waals surface area (Å²) in [5, 5.41) is 3.02. The Hall–Kier alpha value is -1.50. The first-order valence-corrected chi connectivity index (χ1v) is 5.40. The topological polar surface area (TPSA) is 63.5 Å². The molecular weight excluding hydrogens is 341 g/mol. The molecule has 0 spiro atoms. The number of aliphatic imine (C=N–C) groups is 1. The van der Waals surface area contributed by atoms with Crippen molar-refractivity contribution in [2.75, 3.05) is 5.32 Å². The highest BCUT2D eigenvalue weighted by Gasteiger charge is 1.96. The molecule has 1 aromatic carbocycles. The molecule has 2 rings (SSSR count). The Bertz CT molecular complexity index is 491. The Morgan fingerprint density at radius 3 is 2.61 bits per heavy atom. The molecule has 3 N–H and O–H groups in total. The first-order chi connectivity index (χ1) is 8.24. The van der Waals surface area contributed by atoms with E-state index in [1.54, 1.807) is 6.26 Å². The Kier molecular flexibility index (Phi) is 5.70. The second-order valence-corrected chi connectivity index (χ2v) is 3.77. The van der Waals surface area contributed by atoms with Crippen LogP contribution in [0.25, 0.3) is 0 Å². The van der Waals surface area contributed by atoms with Gasteiger partial charge >= 0.3 is 0 Å². The first-order valence-electron chi connectivity index (χ1n) is 5.40. The Labute approximate surface area is 123 Å². The molecule has 4 nitrogen and oxygen atoms in total. The van der Waals surface area contributed by atoms with E-state index in [4.69, 9.17) is 10.2 Å². The number of benzene rings is 1. The van der Waals surface area contributed by atoms with Crippen LogP contribution in [0.15, 0.2) is 52.1 Å². The van der Waals surface area contributed by atoms with E-state index in [0.29, 0.717) is 12.5 Å². The molecule has 0 fully saturated rings. The third-order valence-electron chi connectivity index (χ3n) is 2.31. The van der Waals surface area contributed by atoms with Crippen LogP contribution in [0, 0.1) is 6.92 Å². The van der Waals surface area contributed by atoms with Gasteiger partial charge in [0.25, 0.3) is 0 Å². The van der Waals surface area contributed by atoms with Gasteiger partial charge in [0.05, 0.1) is 6.26 Å². The lowest BCUT2D eigenvalue weighted by molar-refractivity contribution is 0.513. The van der Waals surface area contributed by atoms with Crippen LogP contribution in [-0.4, -0.2) is 5.96 Å². The number of hydrogen-bond acceptors (Lipinski definition) is 2. The van der Waals surface area contributed by atoms with E-state index in [9.17, 15) is 0 Å². The van der Waals surface area contributed by atoms with Crippen LogP contribution < -0.4 is 11.1 Å². The number of halogens is 1. The average Bonchev–Trinajstić information content (AvgIpc) is 2.83. The van der Waals surface area contributed by atoms with Crippen LogP contribution in [0.2, 0.25) is 0 Å². The highest BCUT2D eigenvalue weighted by molar-refractivity contribution is 14.0. The molecular formula is C13H16IN3O. The van der Waals surface area contributed by atoms with Gasteiger partial charge in [0.15, 0.2) is 5.96 Å². The van der Waals surface area contributed by atoms with Gasteiger partial charge in [0.1, 0.15) is 12.3 Å². The maximum Gasteiger partial charge on any atom is 0.193 e. The molecule has 5 heteroatoms. The minimum atomic E-state index is 0. The van der Waals surface area contributed by atoms with Gasteiger partial charge in [-0.15, -0.1) is 24.0 Å². The third kappa shape index (κ3) is 4.40. The normalized spacial score (nSPS) is 10.8. The summed E-state index contributed by atoms with van der Waals surface area (Å²) in [5.41, 5.74) is 7.89. The fourth-order valence-corrected chi connectivity index (χ4v) is 1.39. The summed E-state index contributed by atoms with van der Waals surface area (Å²) in [7, 11) is 0. The smallest absolute Gasteiger partial charge is 0.193 e. The number of furan rings is 1. The molecule has 1 aromatic heterocycles. The molecule has 0 bridgehead atoms. The number of nitrogens with two attached hydrogens (primary N) is 1. The van der Waals surface area contributed by atoms with Crippen molar-refractivity contribution in [3.05, 3.63) is 54.0 Å². The number of hydrogen-bond donors (Lipinski definition) is 2. The minimum absolute atomic E-state index is 0. The van der Waals surface area contributed by atoms with E-state index in [1.165, 1.54) is 5.56 Å². The van der Waals surface area contributed by atoms with Gasteiger partial charge in [-0.25, -0.2) is 4.99 Å². The van der Waals surface area contributed by atoms with Crippen LogP contribution >= 0.6 is 24.0 Å². The summed E-state index contributed by atoms with van der Waals surface area (Å²) in [5.74, 6) is 1.17. The molecule has 0 unspecified atom stereocenters. The lowest BCUT2D eigenvalue weighted by Crippen LogP contribution is -2.22. The first kappa shape index (κ1) is 14.6. The van der Waals surface area contributed by atoms with Crippen molar-refractivity contribution in [2.24, 2.45) is 10.7 Å². The van der Waals surface area contributed by atoms with E-state index in [2.05, 4.69) is 10.3 Å². The Balaban J connectivity index is 0.00000162. The van der Waals surface area contributed by atoms with Crippen LogP contribution in [0.3, 0.4) is 0 Å². The summed E-state index contributed by atoms with van der Waals surface area (Å²) in [6, 6.07) is 11.6. The van der Waals surface area contributed by atoms with Gasteiger partial charge in [-0.3, -0.25) is 0 Å². The maximum absolute atomic E-state index is 5.76. The number of aryl methyl sites for hydroxylation is 1. The quantitative estimate of drug-likeness (QED) is 0.504. The van der Waals surface area contributed by atoms with E-state index < -0.39 is 0 Å². The van der Waals surface area contributed by atoms with E-state index >= 15 is 0 Å². The molecule has 0 aliphatic rings. The summed E-state index contributed by atoms with van der Waals surface area (Å²) in [4.78, 5) is 4.17. The fourth-order valence-electron chi connectivity index (χ4n) is 1.39. The fraction of sp³-hybridized carbons (Fsp3) is 0.154. The standard InChI is InChI=1S/C13H15N3O.HI/c1-10-4-6-11(7-5-10)16-13(14)15-9-12-3-2-8-17-12;/h2-8H,9H2,1H3,(H3,14,15,16);1H. The van der Waals surface area contributed by atoms with Crippen molar-refractivity contribution in [1.82, 2.24) is 0 Å². The monoisotopic (exact) mass is 357 g/mol. The molecule has 0 saturated carbocycles. The molecule has 0 radical (unpaired) electrons. The van der Waals surface area contributed by atoms with Crippen molar-refractivity contribution < 1.29 is 4.42 Å². The van der Waals surface area contributed by atoms with E-state index in [0.717, 1.165) is 11.4 Å². The molecule has 0 aliphatic carbocycles. The lowest BCUT2D eigenvalue weighted by Gasteiger charge is -2.05. The molecule has 18 heavy (non-hydrogen) atoms. The predicted octanol–water partition coefficient (Wildman–Crippen LogP) is 3.13. The van der Waals surface area contributed by atoms with Crippen molar-refractivity contribution in [2.45, 2.75) is 13.5 Å². The molecule has 0 atom stereocenters. The SMILES string of the molecule is Cc1ccc(NC(N)=NCc2ccco2)cc1.I. The average molecular weight is 357 g/mol.